The molecule has 0 saturated carbocycles. The Morgan fingerprint density at radius 3 is 2.64 bits per heavy atom. The minimum absolute atomic E-state index is 0.130. The van der Waals surface area contributed by atoms with Gasteiger partial charge in [0.2, 0.25) is 0 Å². The standard InChI is InChI=1S/C20H18ClF2N3O2/c1-12(16-11-24-19(27)15-5-3-2-4-14(15)16)26(9-8-22)20(28)25-13-6-7-18(23)17(21)10-13/h2-7,10-12H,8-9H2,1H3,(H,24,27)(H,25,28). The smallest absolute Gasteiger partial charge is 0.322 e. The van der Waals surface area contributed by atoms with Crippen LogP contribution in [0, 0.1) is 5.82 Å². The van der Waals surface area contributed by atoms with Gasteiger partial charge < -0.3 is 15.2 Å². The van der Waals surface area contributed by atoms with Crippen LogP contribution in [0.3, 0.4) is 0 Å². The lowest BCUT2D eigenvalue weighted by Crippen LogP contribution is -2.38. The molecule has 28 heavy (non-hydrogen) atoms. The molecule has 2 amide bonds. The fraction of sp³-hybridized carbons (Fsp3) is 0.200. The third kappa shape index (κ3) is 3.99. The number of fused-ring (bicyclic) bond motifs is 1. The van der Waals surface area contributed by atoms with Crippen molar-refractivity contribution in [2.24, 2.45) is 0 Å². The molecule has 0 saturated heterocycles. The maximum atomic E-state index is 13.3. The Balaban J connectivity index is 1.93. The Hall–Kier alpha value is -2.93. The summed E-state index contributed by atoms with van der Waals surface area (Å²) in [6.45, 7) is 0.839. The number of halogens is 3. The Morgan fingerprint density at radius 2 is 1.96 bits per heavy atom. The van der Waals surface area contributed by atoms with Gasteiger partial charge in [0.1, 0.15) is 12.5 Å². The van der Waals surface area contributed by atoms with Crippen molar-refractivity contribution in [2.75, 3.05) is 18.5 Å². The molecule has 1 unspecified atom stereocenters. The number of aromatic amines is 1. The minimum atomic E-state index is -0.747. The normalized spacial score (nSPS) is 12.0. The number of carbonyl (C=O) groups excluding carboxylic acids is 1. The van der Waals surface area contributed by atoms with Crippen molar-refractivity contribution in [1.29, 1.82) is 0 Å². The zero-order chi connectivity index (χ0) is 20.3. The zero-order valence-electron chi connectivity index (χ0n) is 15.0. The predicted octanol–water partition coefficient (Wildman–Crippen LogP) is 4.89. The molecule has 2 aromatic carbocycles. The Labute approximate surface area is 164 Å². The minimum Gasteiger partial charge on any atom is -0.328 e. The molecule has 1 aromatic heterocycles. The molecule has 3 rings (SSSR count). The average Bonchev–Trinajstić information content (AvgIpc) is 2.69. The van der Waals surface area contributed by atoms with E-state index in [1.54, 1.807) is 31.2 Å². The number of urea groups is 1. The fourth-order valence-corrected chi connectivity index (χ4v) is 3.26. The largest absolute Gasteiger partial charge is 0.328 e. The van der Waals surface area contributed by atoms with Crippen LogP contribution in [0.2, 0.25) is 5.02 Å². The van der Waals surface area contributed by atoms with E-state index in [9.17, 15) is 18.4 Å². The number of H-pyrrole nitrogens is 1. The van der Waals surface area contributed by atoms with Crippen LogP contribution >= 0.6 is 11.6 Å². The highest BCUT2D eigenvalue weighted by atomic mass is 35.5. The van der Waals surface area contributed by atoms with E-state index in [1.165, 1.54) is 23.2 Å². The summed E-state index contributed by atoms with van der Waals surface area (Å²) in [5.41, 5.74) is 0.726. The van der Waals surface area contributed by atoms with Crippen molar-refractivity contribution >= 4 is 34.1 Å². The average molecular weight is 406 g/mol. The molecule has 8 heteroatoms. The zero-order valence-corrected chi connectivity index (χ0v) is 15.8. The maximum Gasteiger partial charge on any atom is 0.322 e. The lowest BCUT2D eigenvalue weighted by Gasteiger charge is -2.29. The summed E-state index contributed by atoms with van der Waals surface area (Å²) in [4.78, 5) is 28.7. The van der Waals surface area contributed by atoms with Crippen LogP contribution in [0.5, 0.6) is 0 Å². The highest BCUT2D eigenvalue weighted by molar-refractivity contribution is 6.31. The summed E-state index contributed by atoms with van der Waals surface area (Å²) in [5, 5.41) is 3.64. The fourth-order valence-electron chi connectivity index (χ4n) is 3.08. The van der Waals surface area contributed by atoms with Gasteiger partial charge in [-0.3, -0.25) is 4.79 Å². The molecule has 0 radical (unpaired) electrons. The molecular formula is C20H18ClF2N3O2. The van der Waals surface area contributed by atoms with E-state index < -0.39 is 24.6 Å². The van der Waals surface area contributed by atoms with Crippen LogP contribution in [0.1, 0.15) is 18.5 Å². The lowest BCUT2D eigenvalue weighted by molar-refractivity contribution is 0.186. The van der Waals surface area contributed by atoms with Crippen LogP contribution in [-0.4, -0.2) is 29.1 Å². The van der Waals surface area contributed by atoms with Gasteiger partial charge in [-0.15, -0.1) is 0 Å². The molecular weight excluding hydrogens is 388 g/mol. The Bertz CT molecular complexity index is 1070. The number of hydrogen-bond donors (Lipinski definition) is 2. The van der Waals surface area contributed by atoms with E-state index in [0.717, 1.165) is 6.07 Å². The number of amides is 2. The number of anilines is 1. The second-order valence-corrected chi connectivity index (χ2v) is 6.64. The first-order chi connectivity index (χ1) is 13.4. The van der Waals surface area contributed by atoms with Gasteiger partial charge in [-0.05, 0) is 42.1 Å². The number of nitrogens with zero attached hydrogens (tertiary/aromatic N) is 1. The number of nitrogens with one attached hydrogen (secondary N) is 2. The van der Waals surface area contributed by atoms with Crippen LogP contribution in [0.4, 0.5) is 19.3 Å². The maximum absolute atomic E-state index is 13.3. The van der Waals surface area contributed by atoms with Gasteiger partial charge in [0.15, 0.2) is 0 Å². The van der Waals surface area contributed by atoms with Gasteiger partial charge in [-0.2, -0.15) is 0 Å². The predicted molar refractivity (Wildman–Crippen MR) is 106 cm³/mol. The van der Waals surface area contributed by atoms with Crippen LogP contribution < -0.4 is 10.9 Å². The molecule has 1 atom stereocenters. The Morgan fingerprint density at radius 1 is 1.25 bits per heavy atom. The van der Waals surface area contributed by atoms with Gasteiger partial charge in [0.05, 0.1) is 17.6 Å². The van der Waals surface area contributed by atoms with Crippen LogP contribution in [0.25, 0.3) is 10.8 Å². The number of aromatic nitrogens is 1. The van der Waals surface area contributed by atoms with Crippen molar-refractivity contribution in [3.63, 3.8) is 0 Å². The van der Waals surface area contributed by atoms with Crippen molar-refractivity contribution < 1.29 is 13.6 Å². The number of pyridine rings is 1. The van der Waals surface area contributed by atoms with E-state index in [2.05, 4.69) is 10.3 Å². The summed E-state index contributed by atoms with van der Waals surface area (Å²) in [6.07, 6.45) is 1.53. The van der Waals surface area contributed by atoms with Crippen molar-refractivity contribution in [3.05, 3.63) is 75.4 Å². The molecule has 146 valence electrons. The molecule has 0 spiro atoms. The molecule has 0 bridgehead atoms. The lowest BCUT2D eigenvalue weighted by atomic mass is 10.0. The van der Waals surface area contributed by atoms with Gasteiger partial charge in [-0.25, -0.2) is 13.6 Å². The molecule has 0 fully saturated rings. The molecule has 5 nitrogen and oxygen atoms in total. The summed E-state index contributed by atoms with van der Waals surface area (Å²) in [6, 6.07) is 9.68. The second-order valence-electron chi connectivity index (χ2n) is 6.24. The van der Waals surface area contributed by atoms with Gasteiger partial charge in [-0.1, -0.05) is 29.8 Å². The third-order valence-electron chi connectivity index (χ3n) is 4.52. The van der Waals surface area contributed by atoms with E-state index in [0.29, 0.717) is 22.0 Å². The molecule has 0 aliphatic rings. The van der Waals surface area contributed by atoms with Gasteiger partial charge >= 0.3 is 6.03 Å². The first kappa shape index (κ1) is 19.8. The highest BCUT2D eigenvalue weighted by Crippen LogP contribution is 2.27. The molecule has 3 aromatic rings. The summed E-state index contributed by atoms with van der Waals surface area (Å²) in [7, 11) is 0. The molecule has 2 N–H and O–H groups in total. The van der Waals surface area contributed by atoms with Gasteiger partial charge in [0.25, 0.3) is 5.56 Å². The number of carbonyl (C=O) groups is 1. The number of benzene rings is 2. The van der Waals surface area contributed by atoms with E-state index in [1.807, 2.05) is 0 Å². The topological polar surface area (TPSA) is 65.2 Å². The number of alkyl halides is 1. The second kappa shape index (κ2) is 8.39. The molecule has 1 heterocycles. The quantitative estimate of drug-likeness (QED) is 0.635. The highest BCUT2D eigenvalue weighted by Gasteiger charge is 2.23. The summed E-state index contributed by atoms with van der Waals surface area (Å²) in [5.74, 6) is -0.603. The van der Waals surface area contributed by atoms with E-state index in [4.69, 9.17) is 11.6 Å². The first-order valence-electron chi connectivity index (χ1n) is 8.61. The van der Waals surface area contributed by atoms with Crippen molar-refractivity contribution in [3.8, 4) is 0 Å². The van der Waals surface area contributed by atoms with Crippen molar-refractivity contribution in [1.82, 2.24) is 9.88 Å². The number of hydrogen-bond acceptors (Lipinski definition) is 2. The molecule has 0 aliphatic carbocycles. The number of rotatable bonds is 5. The summed E-state index contributed by atoms with van der Waals surface area (Å²) >= 11 is 5.74. The van der Waals surface area contributed by atoms with E-state index >= 15 is 0 Å². The Kier molecular flexibility index (Phi) is 5.94. The van der Waals surface area contributed by atoms with Crippen LogP contribution in [0.15, 0.2) is 53.5 Å². The molecule has 0 aliphatic heterocycles. The first-order valence-corrected chi connectivity index (χ1v) is 8.99. The van der Waals surface area contributed by atoms with Crippen molar-refractivity contribution in [2.45, 2.75) is 13.0 Å². The monoisotopic (exact) mass is 405 g/mol. The third-order valence-corrected chi connectivity index (χ3v) is 4.81. The van der Waals surface area contributed by atoms with E-state index in [-0.39, 0.29) is 17.1 Å². The van der Waals surface area contributed by atoms with Crippen LogP contribution in [-0.2, 0) is 0 Å². The SMILES string of the molecule is CC(c1c[nH]c(=O)c2ccccc12)N(CCF)C(=O)Nc1ccc(F)c(Cl)c1. The van der Waals surface area contributed by atoms with Gasteiger partial charge in [0, 0.05) is 17.3 Å². The summed E-state index contributed by atoms with van der Waals surface area (Å²) < 4.78 is 26.5.